The summed E-state index contributed by atoms with van der Waals surface area (Å²) in [5, 5.41) is 20.6. The van der Waals surface area contributed by atoms with Crippen molar-refractivity contribution >= 4 is 5.91 Å². The molecule has 19 heavy (non-hydrogen) atoms. The first kappa shape index (κ1) is 13.2. The van der Waals surface area contributed by atoms with E-state index in [1.165, 1.54) is 0 Å². The van der Waals surface area contributed by atoms with Gasteiger partial charge < -0.3 is 5.32 Å². The number of nitrogens with zero attached hydrogens (tertiary/aromatic N) is 5. The molecule has 8 heteroatoms. The molecule has 0 saturated heterocycles. The summed E-state index contributed by atoms with van der Waals surface area (Å²) < 4.78 is 1.83. The van der Waals surface area contributed by atoms with Gasteiger partial charge >= 0.3 is 0 Å². The molecule has 8 nitrogen and oxygen atoms in total. The molecule has 2 rings (SSSR count). The average molecular weight is 263 g/mol. The van der Waals surface area contributed by atoms with Crippen molar-refractivity contribution in [2.45, 2.75) is 39.8 Å². The molecule has 0 fully saturated rings. The highest BCUT2D eigenvalue weighted by atomic mass is 16.1. The van der Waals surface area contributed by atoms with Crippen molar-refractivity contribution < 1.29 is 4.79 Å². The van der Waals surface area contributed by atoms with Crippen LogP contribution in [-0.2, 0) is 11.3 Å². The van der Waals surface area contributed by atoms with E-state index in [-0.39, 0.29) is 11.9 Å². The van der Waals surface area contributed by atoms with Crippen LogP contribution in [0.2, 0.25) is 0 Å². The molecule has 102 valence electrons. The minimum atomic E-state index is -0.258. The van der Waals surface area contributed by atoms with E-state index in [0.29, 0.717) is 18.8 Å². The molecule has 1 atom stereocenters. The number of rotatable bonds is 5. The summed E-state index contributed by atoms with van der Waals surface area (Å²) in [7, 11) is 0. The minimum absolute atomic E-state index is 0.0650. The van der Waals surface area contributed by atoms with Gasteiger partial charge in [-0.3, -0.25) is 9.48 Å². The Morgan fingerprint density at radius 3 is 2.89 bits per heavy atom. The van der Waals surface area contributed by atoms with Gasteiger partial charge in [0, 0.05) is 18.7 Å². The standard InChI is InChI=1S/C11H17N7O/c1-7-6-8(2)18(15-7)5-4-10(19)12-9(3)11-13-16-17-14-11/h6,9H,4-5H2,1-3H3,(H,12,19)(H,13,14,16,17). The second kappa shape index (κ2) is 5.59. The Hall–Kier alpha value is -2.25. The van der Waals surface area contributed by atoms with Gasteiger partial charge in [0.2, 0.25) is 5.91 Å². The molecule has 0 aliphatic rings. The maximum Gasteiger partial charge on any atom is 0.222 e. The number of tetrazole rings is 1. The second-order valence-electron chi connectivity index (χ2n) is 4.46. The topological polar surface area (TPSA) is 101 Å². The summed E-state index contributed by atoms with van der Waals surface area (Å²) in [5.41, 5.74) is 2.01. The first-order valence-electron chi connectivity index (χ1n) is 6.10. The molecule has 0 bridgehead atoms. The van der Waals surface area contributed by atoms with Crippen LogP contribution in [0.25, 0.3) is 0 Å². The van der Waals surface area contributed by atoms with Crippen LogP contribution in [-0.4, -0.2) is 36.3 Å². The van der Waals surface area contributed by atoms with E-state index in [9.17, 15) is 4.79 Å². The SMILES string of the molecule is Cc1cc(C)n(CCC(=O)NC(C)c2nn[nH]n2)n1. The van der Waals surface area contributed by atoms with Gasteiger partial charge in [-0.2, -0.15) is 10.3 Å². The van der Waals surface area contributed by atoms with E-state index in [2.05, 4.69) is 31.0 Å². The molecule has 1 unspecified atom stereocenters. The Bertz CT molecular complexity index is 545. The third-order valence-corrected chi connectivity index (χ3v) is 2.78. The highest BCUT2D eigenvalue weighted by Gasteiger charge is 2.13. The van der Waals surface area contributed by atoms with E-state index in [1.54, 1.807) is 0 Å². The van der Waals surface area contributed by atoms with Crippen molar-refractivity contribution in [2.75, 3.05) is 0 Å². The molecule has 0 radical (unpaired) electrons. The molecule has 2 aromatic rings. The number of H-pyrrole nitrogens is 1. The zero-order chi connectivity index (χ0) is 13.8. The van der Waals surface area contributed by atoms with Crippen LogP contribution < -0.4 is 5.32 Å². The van der Waals surface area contributed by atoms with Crippen LogP contribution in [0, 0.1) is 13.8 Å². The summed E-state index contributed by atoms with van der Waals surface area (Å²) in [5.74, 6) is 0.407. The third-order valence-electron chi connectivity index (χ3n) is 2.78. The molecule has 1 amide bonds. The number of hydrogen-bond acceptors (Lipinski definition) is 5. The number of carbonyl (C=O) groups excluding carboxylic acids is 1. The molecule has 0 aromatic carbocycles. The van der Waals surface area contributed by atoms with Gasteiger partial charge in [0.25, 0.3) is 0 Å². The zero-order valence-electron chi connectivity index (χ0n) is 11.2. The smallest absolute Gasteiger partial charge is 0.222 e. The maximum absolute atomic E-state index is 11.8. The number of carbonyl (C=O) groups is 1. The van der Waals surface area contributed by atoms with Crippen LogP contribution in [0.4, 0.5) is 0 Å². The van der Waals surface area contributed by atoms with Gasteiger partial charge in [-0.15, -0.1) is 10.2 Å². The van der Waals surface area contributed by atoms with E-state index < -0.39 is 0 Å². The number of amides is 1. The maximum atomic E-state index is 11.8. The number of aryl methyl sites for hydroxylation is 3. The number of nitrogens with one attached hydrogen (secondary N) is 2. The lowest BCUT2D eigenvalue weighted by atomic mass is 10.3. The lowest BCUT2D eigenvalue weighted by molar-refractivity contribution is -0.122. The van der Waals surface area contributed by atoms with Crippen LogP contribution in [0.5, 0.6) is 0 Å². The van der Waals surface area contributed by atoms with Crippen LogP contribution >= 0.6 is 0 Å². The molecule has 0 aliphatic heterocycles. The predicted octanol–water partition coefficient (Wildman–Crippen LogP) is 0.281. The highest BCUT2D eigenvalue weighted by molar-refractivity contribution is 5.76. The van der Waals surface area contributed by atoms with Gasteiger partial charge in [-0.25, -0.2) is 0 Å². The number of hydrogen-bond donors (Lipinski definition) is 2. The van der Waals surface area contributed by atoms with Gasteiger partial charge in [-0.05, 0) is 26.8 Å². The fourth-order valence-corrected chi connectivity index (χ4v) is 1.84. The zero-order valence-corrected chi connectivity index (χ0v) is 11.2. The van der Waals surface area contributed by atoms with Gasteiger partial charge in [0.1, 0.15) is 0 Å². The summed E-state index contributed by atoms with van der Waals surface area (Å²) in [6, 6.07) is 1.73. The molecule has 2 heterocycles. The molecule has 2 N–H and O–H groups in total. The predicted molar refractivity (Wildman–Crippen MR) is 67.1 cm³/mol. The summed E-state index contributed by atoms with van der Waals surface area (Å²) in [6.07, 6.45) is 0.365. The van der Waals surface area contributed by atoms with Gasteiger partial charge in [0.05, 0.1) is 11.7 Å². The second-order valence-corrected chi connectivity index (χ2v) is 4.46. The van der Waals surface area contributed by atoms with Crippen molar-refractivity contribution in [3.05, 3.63) is 23.3 Å². The Kier molecular flexibility index (Phi) is 3.88. The largest absolute Gasteiger partial charge is 0.346 e. The fraction of sp³-hybridized carbons (Fsp3) is 0.545. The Labute approximate surface area is 110 Å². The van der Waals surface area contributed by atoms with Crippen LogP contribution in [0.15, 0.2) is 6.07 Å². The highest BCUT2D eigenvalue weighted by Crippen LogP contribution is 2.05. The van der Waals surface area contributed by atoms with Gasteiger partial charge in [-0.1, -0.05) is 5.21 Å². The molecule has 0 aliphatic carbocycles. The molecule has 2 aromatic heterocycles. The van der Waals surface area contributed by atoms with E-state index in [0.717, 1.165) is 11.4 Å². The molecular weight excluding hydrogens is 246 g/mol. The first-order valence-corrected chi connectivity index (χ1v) is 6.10. The van der Waals surface area contributed by atoms with E-state index >= 15 is 0 Å². The summed E-state index contributed by atoms with van der Waals surface area (Å²) >= 11 is 0. The summed E-state index contributed by atoms with van der Waals surface area (Å²) in [6.45, 7) is 6.28. The Balaban J connectivity index is 1.83. The minimum Gasteiger partial charge on any atom is -0.346 e. The third kappa shape index (κ3) is 3.36. The van der Waals surface area contributed by atoms with Crippen LogP contribution in [0.1, 0.15) is 36.6 Å². The van der Waals surface area contributed by atoms with E-state index in [4.69, 9.17) is 0 Å². The van der Waals surface area contributed by atoms with Crippen molar-refractivity contribution in [3.8, 4) is 0 Å². The average Bonchev–Trinajstić information content (AvgIpc) is 2.96. The molecular formula is C11H17N7O. The van der Waals surface area contributed by atoms with Crippen LogP contribution in [0.3, 0.4) is 0 Å². The van der Waals surface area contributed by atoms with Crippen molar-refractivity contribution in [1.29, 1.82) is 0 Å². The lowest BCUT2D eigenvalue weighted by Crippen LogP contribution is -2.28. The Morgan fingerprint density at radius 1 is 1.53 bits per heavy atom. The Morgan fingerprint density at radius 2 is 2.32 bits per heavy atom. The van der Waals surface area contributed by atoms with E-state index in [1.807, 2.05) is 31.5 Å². The van der Waals surface area contributed by atoms with Crippen molar-refractivity contribution in [3.63, 3.8) is 0 Å². The van der Waals surface area contributed by atoms with Gasteiger partial charge in [0.15, 0.2) is 5.82 Å². The molecule has 0 spiro atoms. The van der Waals surface area contributed by atoms with Crippen molar-refractivity contribution in [2.24, 2.45) is 0 Å². The fourth-order valence-electron chi connectivity index (χ4n) is 1.84. The number of aromatic nitrogens is 6. The normalized spacial score (nSPS) is 12.4. The number of aromatic amines is 1. The van der Waals surface area contributed by atoms with Crippen molar-refractivity contribution in [1.82, 2.24) is 35.7 Å². The summed E-state index contributed by atoms with van der Waals surface area (Å²) in [4.78, 5) is 11.8. The first-order chi connectivity index (χ1) is 9.06. The monoisotopic (exact) mass is 263 g/mol. The lowest BCUT2D eigenvalue weighted by Gasteiger charge is -2.10. The quantitative estimate of drug-likeness (QED) is 0.806. The molecule has 0 saturated carbocycles.